The van der Waals surface area contributed by atoms with Crippen molar-refractivity contribution in [2.24, 2.45) is 0 Å². The second kappa shape index (κ2) is 8.61. The zero-order valence-corrected chi connectivity index (χ0v) is 18.8. The SMILES string of the molecule is CC(C)Oc1nc2nc(C3CCCCC3)cn2cc1C(=O)Nc1cccn(C2CC2F)c1=O. The summed E-state index contributed by atoms with van der Waals surface area (Å²) in [6.07, 6.45) is 10.1. The monoisotopic (exact) mass is 453 g/mol. The molecule has 2 saturated carbocycles. The van der Waals surface area contributed by atoms with Crippen LogP contribution in [0.1, 0.15) is 80.4 Å². The molecule has 3 aromatic heterocycles. The first-order chi connectivity index (χ1) is 15.9. The van der Waals surface area contributed by atoms with Gasteiger partial charge in [-0.15, -0.1) is 0 Å². The number of fused-ring (bicyclic) bond motifs is 1. The van der Waals surface area contributed by atoms with Crippen molar-refractivity contribution in [3.8, 4) is 5.88 Å². The highest BCUT2D eigenvalue weighted by molar-refractivity contribution is 6.05. The minimum atomic E-state index is -1.02. The van der Waals surface area contributed by atoms with Crippen LogP contribution < -0.4 is 15.6 Å². The maximum absolute atomic E-state index is 13.5. The van der Waals surface area contributed by atoms with Crippen molar-refractivity contribution >= 4 is 17.4 Å². The Hall–Kier alpha value is -3.23. The third kappa shape index (κ3) is 4.36. The largest absolute Gasteiger partial charge is 0.474 e. The minimum Gasteiger partial charge on any atom is -0.474 e. The van der Waals surface area contributed by atoms with Crippen LogP contribution in [0.3, 0.4) is 0 Å². The standard InChI is InChI=1S/C24H28FN5O3/c1-14(2)33-22-16(12-29-13-19(27-24(29)28-22)15-7-4-3-5-8-15)21(31)26-18-9-6-10-30(23(18)32)20-11-17(20)25/h6,9-10,12-15,17,20H,3-5,7-8,11H2,1-2H3,(H,26,31). The van der Waals surface area contributed by atoms with Gasteiger partial charge in [-0.2, -0.15) is 4.98 Å². The van der Waals surface area contributed by atoms with Crippen LogP contribution >= 0.6 is 0 Å². The molecule has 1 N–H and O–H groups in total. The lowest BCUT2D eigenvalue weighted by molar-refractivity contribution is 0.101. The average molecular weight is 454 g/mol. The van der Waals surface area contributed by atoms with E-state index in [4.69, 9.17) is 9.72 Å². The van der Waals surface area contributed by atoms with E-state index in [2.05, 4.69) is 10.3 Å². The van der Waals surface area contributed by atoms with Crippen molar-refractivity contribution in [1.29, 1.82) is 0 Å². The molecule has 2 aliphatic carbocycles. The first-order valence-electron chi connectivity index (χ1n) is 11.6. The van der Waals surface area contributed by atoms with Crippen molar-refractivity contribution in [3.63, 3.8) is 0 Å². The molecule has 3 aromatic rings. The molecule has 8 nitrogen and oxygen atoms in total. The Morgan fingerprint density at radius 3 is 2.67 bits per heavy atom. The zero-order valence-electron chi connectivity index (χ0n) is 18.8. The lowest BCUT2D eigenvalue weighted by Gasteiger charge is -2.19. The summed E-state index contributed by atoms with van der Waals surface area (Å²) in [5, 5.41) is 2.66. The summed E-state index contributed by atoms with van der Waals surface area (Å²) in [7, 11) is 0. The Morgan fingerprint density at radius 2 is 1.97 bits per heavy atom. The topological polar surface area (TPSA) is 90.5 Å². The maximum atomic E-state index is 13.5. The third-order valence-corrected chi connectivity index (χ3v) is 6.31. The number of pyridine rings is 1. The van der Waals surface area contributed by atoms with Gasteiger partial charge in [0.2, 0.25) is 11.7 Å². The summed E-state index contributed by atoms with van der Waals surface area (Å²) in [5.74, 6) is 0.526. The summed E-state index contributed by atoms with van der Waals surface area (Å²) >= 11 is 0. The van der Waals surface area contributed by atoms with Gasteiger partial charge in [0.1, 0.15) is 17.4 Å². The molecule has 33 heavy (non-hydrogen) atoms. The van der Waals surface area contributed by atoms with E-state index in [1.165, 1.54) is 29.9 Å². The molecular weight excluding hydrogens is 425 g/mol. The van der Waals surface area contributed by atoms with E-state index in [-0.39, 0.29) is 23.2 Å². The van der Waals surface area contributed by atoms with Gasteiger partial charge in [-0.25, -0.2) is 9.37 Å². The first-order valence-corrected chi connectivity index (χ1v) is 11.6. The molecule has 0 saturated heterocycles. The van der Waals surface area contributed by atoms with Crippen LogP contribution in [0.25, 0.3) is 5.78 Å². The summed E-state index contributed by atoms with van der Waals surface area (Å²) in [4.78, 5) is 35.1. The number of imidazole rings is 1. The average Bonchev–Trinajstić information content (AvgIpc) is 3.36. The number of nitrogens with zero attached hydrogens (tertiary/aromatic N) is 4. The molecule has 0 aromatic carbocycles. The number of nitrogens with one attached hydrogen (secondary N) is 1. The highest BCUT2D eigenvalue weighted by Gasteiger charge is 2.40. The predicted octanol–water partition coefficient (Wildman–Crippen LogP) is 4.26. The van der Waals surface area contributed by atoms with Gasteiger partial charge < -0.3 is 14.6 Å². The van der Waals surface area contributed by atoms with E-state index in [0.717, 1.165) is 18.5 Å². The van der Waals surface area contributed by atoms with Crippen LogP contribution in [0.15, 0.2) is 35.5 Å². The minimum absolute atomic E-state index is 0.0886. The maximum Gasteiger partial charge on any atom is 0.274 e. The number of carbonyl (C=O) groups excluding carboxylic acids is 1. The highest BCUT2D eigenvalue weighted by atomic mass is 19.1. The lowest BCUT2D eigenvalue weighted by Crippen LogP contribution is -2.26. The number of anilines is 1. The number of ether oxygens (including phenoxy) is 1. The molecule has 174 valence electrons. The van der Waals surface area contributed by atoms with Crippen LogP contribution in [0.4, 0.5) is 10.1 Å². The van der Waals surface area contributed by atoms with Gasteiger partial charge in [-0.3, -0.25) is 14.0 Å². The van der Waals surface area contributed by atoms with Crippen molar-refractivity contribution in [3.05, 3.63) is 52.3 Å². The van der Waals surface area contributed by atoms with Crippen LogP contribution in [0.5, 0.6) is 5.88 Å². The Bertz CT molecular complexity index is 1240. The zero-order chi connectivity index (χ0) is 23.1. The number of hydrogen-bond donors (Lipinski definition) is 1. The second-order valence-corrected chi connectivity index (χ2v) is 9.24. The van der Waals surface area contributed by atoms with Gasteiger partial charge >= 0.3 is 0 Å². The quantitative estimate of drug-likeness (QED) is 0.602. The van der Waals surface area contributed by atoms with Crippen LogP contribution in [-0.4, -0.2) is 37.1 Å². The van der Waals surface area contributed by atoms with Gasteiger partial charge in [0.05, 0.1) is 17.8 Å². The fourth-order valence-electron chi connectivity index (χ4n) is 4.49. The Labute approximate surface area is 190 Å². The molecule has 9 heteroatoms. The van der Waals surface area contributed by atoms with E-state index >= 15 is 0 Å². The summed E-state index contributed by atoms with van der Waals surface area (Å²) in [5.41, 5.74) is 0.837. The number of rotatable bonds is 6. The van der Waals surface area contributed by atoms with Gasteiger partial charge in [0.25, 0.3) is 11.5 Å². The van der Waals surface area contributed by atoms with E-state index in [1.807, 2.05) is 20.0 Å². The highest BCUT2D eigenvalue weighted by Crippen LogP contribution is 2.38. The Morgan fingerprint density at radius 1 is 1.21 bits per heavy atom. The molecule has 2 unspecified atom stereocenters. The molecule has 2 atom stereocenters. The summed E-state index contributed by atoms with van der Waals surface area (Å²) < 4.78 is 22.4. The molecule has 2 aliphatic rings. The van der Waals surface area contributed by atoms with Gasteiger partial charge in [0, 0.05) is 30.9 Å². The number of carbonyl (C=O) groups is 1. The van der Waals surface area contributed by atoms with E-state index in [9.17, 15) is 14.0 Å². The summed E-state index contributed by atoms with van der Waals surface area (Å²) in [6.45, 7) is 3.71. The number of aromatic nitrogens is 4. The third-order valence-electron chi connectivity index (χ3n) is 6.31. The Balaban J connectivity index is 1.48. The smallest absolute Gasteiger partial charge is 0.274 e. The van der Waals surface area contributed by atoms with Crippen LogP contribution in [-0.2, 0) is 0 Å². The number of amides is 1. The number of hydrogen-bond acceptors (Lipinski definition) is 5. The van der Waals surface area contributed by atoms with Crippen molar-refractivity contribution in [2.45, 2.75) is 76.6 Å². The van der Waals surface area contributed by atoms with E-state index in [1.54, 1.807) is 22.9 Å². The van der Waals surface area contributed by atoms with Crippen LogP contribution in [0.2, 0.25) is 0 Å². The molecule has 0 radical (unpaired) electrons. The first kappa shape index (κ1) is 21.6. The molecule has 0 bridgehead atoms. The Kier molecular flexibility index (Phi) is 5.64. The molecule has 0 spiro atoms. The van der Waals surface area contributed by atoms with Crippen LogP contribution in [0, 0.1) is 0 Å². The molecule has 2 fully saturated rings. The fourth-order valence-corrected chi connectivity index (χ4v) is 4.49. The molecule has 1 amide bonds. The molecule has 5 rings (SSSR count). The van der Waals surface area contributed by atoms with Gasteiger partial charge in [0.15, 0.2) is 0 Å². The van der Waals surface area contributed by atoms with Gasteiger partial charge in [-0.05, 0) is 38.8 Å². The molecule has 0 aliphatic heterocycles. The number of alkyl halides is 1. The van der Waals surface area contributed by atoms with Crippen molar-refractivity contribution < 1.29 is 13.9 Å². The normalized spacial score (nSPS) is 20.8. The van der Waals surface area contributed by atoms with E-state index < -0.39 is 23.7 Å². The predicted molar refractivity (Wildman–Crippen MR) is 122 cm³/mol. The summed E-state index contributed by atoms with van der Waals surface area (Å²) in [6, 6.07) is 2.68. The van der Waals surface area contributed by atoms with Gasteiger partial charge in [-0.1, -0.05) is 19.3 Å². The molecule has 3 heterocycles. The van der Waals surface area contributed by atoms with Crippen molar-refractivity contribution in [1.82, 2.24) is 18.9 Å². The van der Waals surface area contributed by atoms with Crippen molar-refractivity contribution in [2.75, 3.05) is 5.32 Å². The van der Waals surface area contributed by atoms with E-state index in [0.29, 0.717) is 18.1 Å². The fraction of sp³-hybridized carbons (Fsp3) is 0.500. The lowest BCUT2D eigenvalue weighted by atomic mass is 9.87. The molecular formula is C24H28FN5O3. The second-order valence-electron chi connectivity index (χ2n) is 9.24. The number of halogens is 1.